The van der Waals surface area contributed by atoms with Crippen LogP contribution in [0, 0.1) is 0 Å². The van der Waals surface area contributed by atoms with E-state index in [1.54, 1.807) is 0 Å². The third kappa shape index (κ3) is 4.08. The van der Waals surface area contributed by atoms with Crippen LogP contribution in [0.5, 0.6) is 0 Å². The summed E-state index contributed by atoms with van der Waals surface area (Å²) in [5.74, 6) is 1.02. The molecule has 2 N–H and O–H groups in total. The lowest BCUT2D eigenvalue weighted by molar-refractivity contribution is 0.474. The molecule has 3 heteroatoms. The third-order valence-corrected chi connectivity index (χ3v) is 3.97. The predicted octanol–water partition coefficient (Wildman–Crippen LogP) is 4.71. The minimum Gasteiger partial charge on any atom is -0.347 e. The zero-order valence-corrected chi connectivity index (χ0v) is 13.5. The SMILES string of the molecule is CCC[C@@H](NCc1ccccc1)c1nc(-c2ccccc2)c[nH]1. The Hall–Kier alpha value is -2.39. The highest BCUT2D eigenvalue weighted by atomic mass is 15.0. The smallest absolute Gasteiger partial charge is 0.124 e. The zero-order valence-electron chi connectivity index (χ0n) is 13.5. The first-order valence-corrected chi connectivity index (χ1v) is 8.25. The molecule has 0 radical (unpaired) electrons. The molecule has 23 heavy (non-hydrogen) atoms. The van der Waals surface area contributed by atoms with Crippen molar-refractivity contribution >= 4 is 0 Å². The second-order valence-electron chi connectivity index (χ2n) is 5.74. The summed E-state index contributed by atoms with van der Waals surface area (Å²) in [6.45, 7) is 3.06. The van der Waals surface area contributed by atoms with Gasteiger partial charge < -0.3 is 10.3 Å². The quantitative estimate of drug-likeness (QED) is 0.664. The molecule has 0 saturated carbocycles. The molecule has 0 aliphatic heterocycles. The fourth-order valence-electron chi connectivity index (χ4n) is 2.73. The number of H-pyrrole nitrogens is 1. The highest BCUT2D eigenvalue weighted by molar-refractivity contribution is 5.58. The van der Waals surface area contributed by atoms with Gasteiger partial charge in [0.05, 0.1) is 11.7 Å². The molecule has 0 amide bonds. The number of benzene rings is 2. The van der Waals surface area contributed by atoms with Crippen LogP contribution in [-0.4, -0.2) is 9.97 Å². The number of hydrogen-bond acceptors (Lipinski definition) is 2. The average Bonchev–Trinajstić information content (AvgIpc) is 3.10. The molecular weight excluding hydrogens is 282 g/mol. The first-order valence-electron chi connectivity index (χ1n) is 8.25. The van der Waals surface area contributed by atoms with Crippen LogP contribution in [-0.2, 0) is 6.54 Å². The minimum absolute atomic E-state index is 0.248. The molecule has 0 aliphatic carbocycles. The van der Waals surface area contributed by atoms with Crippen LogP contribution in [0.1, 0.15) is 37.2 Å². The Balaban J connectivity index is 1.72. The van der Waals surface area contributed by atoms with E-state index in [2.05, 4.69) is 53.6 Å². The van der Waals surface area contributed by atoms with E-state index in [-0.39, 0.29) is 6.04 Å². The van der Waals surface area contributed by atoms with Gasteiger partial charge in [-0.25, -0.2) is 4.98 Å². The topological polar surface area (TPSA) is 40.7 Å². The molecule has 1 atom stereocenters. The maximum absolute atomic E-state index is 4.79. The molecule has 1 heterocycles. The Bertz CT molecular complexity index is 704. The van der Waals surface area contributed by atoms with Gasteiger partial charge in [0.2, 0.25) is 0 Å². The highest BCUT2D eigenvalue weighted by Crippen LogP contribution is 2.21. The van der Waals surface area contributed by atoms with E-state index in [1.807, 2.05) is 30.5 Å². The number of aromatic nitrogens is 2. The van der Waals surface area contributed by atoms with E-state index in [0.29, 0.717) is 0 Å². The van der Waals surface area contributed by atoms with Crippen LogP contribution in [0.25, 0.3) is 11.3 Å². The molecule has 0 saturated heterocycles. The Morgan fingerprint density at radius 2 is 1.70 bits per heavy atom. The van der Waals surface area contributed by atoms with Gasteiger partial charge in [0, 0.05) is 18.3 Å². The van der Waals surface area contributed by atoms with Gasteiger partial charge in [-0.15, -0.1) is 0 Å². The summed E-state index contributed by atoms with van der Waals surface area (Å²) < 4.78 is 0. The van der Waals surface area contributed by atoms with Crippen molar-refractivity contribution in [2.45, 2.75) is 32.4 Å². The van der Waals surface area contributed by atoms with E-state index in [4.69, 9.17) is 4.98 Å². The van der Waals surface area contributed by atoms with Gasteiger partial charge in [0.25, 0.3) is 0 Å². The van der Waals surface area contributed by atoms with Crippen molar-refractivity contribution in [1.82, 2.24) is 15.3 Å². The van der Waals surface area contributed by atoms with Gasteiger partial charge in [-0.2, -0.15) is 0 Å². The van der Waals surface area contributed by atoms with Crippen LogP contribution >= 0.6 is 0 Å². The standard InChI is InChI=1S/C20H23N3/c1-2-9-18(21-14-16-10-5-3-6-11-16)20-22-15-19(23-20)17-12-7-4-8-13-17/h3-8,10-13,15,18,21H,2,9,14H2,1H3,(H,22,23)/t18-/m1/s1. The number of nitrogens with zero attached hydrogens (tertiary/aromatic N) is 1. The summed E-state index contributed by atoms with van der Waals surface area (Å²) in [5, 5.41) is 3.62. The van der Waals surface area contributed by atoms with Crippen molar-refractivity contribution in [1.29, 1.82) is 0 Å². The largest absolute Gasteiger partial charge is 0.347 e. The lowest BCUT2D eigenvalue weighted by atomic mass is 10.1. The van der Waals surface area contributed by atoms with Crippen molar-refractivity contribution in [2.24, 2.45) is 0 Å². The Morgan fingerprint density at radius 3 is 2.39 bits per heavy atom. The summed E-state index contributed by atoms with van der Waals surface area (Å²) in [4.78, 5) is 8.15. The summed E-state index contributed by atoms with van der Waals surface area (Å²) in [6.07, 6.45) is 4.18. The van der Waals surface area contributed by atoms with Crippen LogP contribution < -0.4 is 5.32 Å². The van der Waals surface area contributed by atoms with Crippen LogP contribution in [0.4, 0.5) is 0 Å². The van der Waals surface area contributed by atoms with E-state index in [1.165, 1.54) is 5.56 Å². The van der Waals surface area contributed by atoms with Gasteiger partial charge in [-0.3, -0.25) is 0 Å². The molecule has 0 aliphatic rings. The second kappa shape index (κ2) is 7.75. The lowest BCUT2D eigenvalue weighted by Gasteiger charge is -2.16. The monoisotopic (exact) mass is 305 g/mol. The summed E-state index contributed by atoms with van der Waals surface area (Å²) in [5.41, 5.74) is 3.44. The van der Waals surface area contributed by atoms with Gasteiger partial charge in [0.15, 0.2) is 0 Å². The van der Waals surface area contributed by atoms with Crippen molar-refractivity contribution in [2.75, 3.05) is 0 Å². The van der Waals surface area contributed by atoms with Gasteiger partial charge in [-0.1, -0.05) is 74.0 Å². The van der Waals surface area contributed by atoms with E-state index >= 15 is 0 Å². The van der Waals surface area contributed by atoms with Gasteiger partial charge in [-0.05, 0) is 12.0 Å². The Labute approximate surface area is 137 Å². The van der Waals surface area contributed by atoms with Crippen LogP contribution in [0.15, 0.2) is 66.9 Å². The van der Waals surface area contributed by atoms with Gasteiger partial charge >= 0.3 is 0 Å². The maximum Gasteiger partial charge on any atom is 0.124 e. The van der Waals surface area contributed by atoms with E-state index in [0.717, 1.165) is 36.5 Å². The third-order valence-electron chi connectivity index (χ3n) is 3.97. The molecule has 0 spiro atoms. The molecule has 0 fully saturated rings. The summed E-state index contributed by atoms with van der Waals surface area (Å²) in [6, 6.07) is 21.0. The highest BCUT2D eigenvalue weighted by Gasteiger charge is 2.14. The average molecular weight is 305 g/mol. The number of hydrogen-bond donors (Lipinski definition) is 2. The Kier molecular flexibility index (Phi) is 5.22. The molecule has 118 valence electrons. The number of imidazole rings is 1. The maximum atomic E-state index is 4.79. The molecular formula is C20H23N3. The molecule has 3 aromatic rings. The normalized spacial score (nSPS) is 12.2. The summed E-state index contributed by atoms with van der Waals surface area (Å²) in [7, 11) is 0. The molecule has 0 bridgehead atoms. The van der Waals surface area contributed by atoms with Crippen LogP contribution in [0.3, 0.4) is 0 Å². The van der Waals surface area contributed by atoms with E-state index in [9.17, 15) is 0 Å². The van der Waals surface area contributed by atoms with Crippen molar-refractivity contribution in [3.8, 4) is 11.3 Å². The van der Waals surface area contributed by atoms with Gasteiger partial charge in [0.1, 0.15) is 5.82 Å². The number of aromatic amines is 1. The second-order valence-corrected chi connectivity index (χ2v) is 5.74. The van der Waals surface area contributed by atoms with E-state index < -0.39 is 0 Å². The molecule has 3 nitrogen and oxygen atoms in total. The van der Waals surface area contributed by atoms with Crippen molar-refractivity contribution in [3.63, 3.8) is 0 Å². The predicted molar refractivity (Wildman–Crippen MR) is 95.0 cm³/mol. The zero-order chi connectivity index (χ0) is 15.9. The number of rotatable bonds is 7. The van der Waals surface area contributed by atoms with Crippen LogP contribution in [0.2, 0.25) is 0 Å². The first-order chi connectivity index (χ1) is 11.4. The van der Waals surface area contributed by atoms with Crippen molar-refractivity contribution in [3.05, 3.63) is 78.2 Å². The molecule has 3 rings (SSSR count). The van der Waals surface area contributed by atoms with Crippen molar-refractivity contribution < 1.29 is 0 Å². The lowest BCUT2D eigenvalue weighted by Crippen LogP contribution is -2.22. The fraction of sp³-hybridized carbons (Fsp3) is 0.250. The molecule has 0 unspecified atom stereocenters. The Morgan fingerprint density at radius 1 is 1.00 bits per heavy atom. The number of nitrogens with one attached hydrogen (secondary N) is 2. The molecule has 1 aromatic heterocycles. The fourth-order valence-corrected chi connectivity index (χ4v) is 2.73. The minimum atomic E-state index is 0.248. The molecule has 2 aromatic carbocycles. The first kappa shape index (κ1) is 15.5. The summed E-state index contributed by atoms with van der Waals surface area (Å²) >= 11 is 0.